The minimum Gasteiger partial charge on any atom is -0.351 e. The zero-order valence-electron chi connectivity index (χ0n) is 4.81. The molecular weight excluding hydrogens is 104 g/mol. The van der Waals surface area contributed by atoms with Gasteiger partial charge in [0.1, 0.15) is 0 Å². The van der Waals surface area contributed by atoms with Crippen LogP contribution in [0.1, 0.15) is 6.92 Å². The van der Waals surface area contributed by atoms with Crippen molar-refractivity contribution in [3.8, 4) is 0 Å². The first kappa shape index (κ1) is 5.37. The van der Waals surface area contributed by atoms with Gasteiger partial charge in [-0.15, -0.1) is 0 Å². The first-order valence-electron chi connectivity index (χ1n) is 2.60. The molecule has 0 amide bonds. The van der Waals surface area contributed by atoms with Crippen molar-refractivity contribution < 1.29 is 0 Å². The Kier molecular flexibility index (Phi) is 1.34. The van der Waals surface area contributed by atoms with Crippen LogP contribution in [0, 0.1) is 0 Å². The van der Waals surface area contributed by atoms with Crippen LogP contribution in [0.15, 0.2) is 4.99 Å². The van der Waals surface area contributed by atoms with Gasteiger partial charge in [0.05, 0.1) is 6.54 Å². The summed E-state index contributed by atoms with van der Waals surface area (Å²) >= 11 is 0. The van der Waals surface area contributed by atoms with Crippen LogP contribution in [-0.2, 0) is 0 Å². The molecule has 0 saturated carbocycles. The summed E-state index contributed by atoms with van der Waals surface area (Å²) in [5, 5.41) is 3.02. The minimum atomic E-state index is 0.432. The second-order valence-electron chi connectivity index (χ2n) is 1.88. The summed E-state index contributed by atoms with van der Waals surface area (Å²) in [7, 11) is 0. The van der Waals surface area contributed by atoms with Crippen LogP contribution in [0.3, 0.4) is 0 Å². The number of nitrogens with one attached hydrogen (secondary N) is 2. The van der Waals surface area contributed by atoms with Gasteiger partial charge in [0.25, 0.3) is 0 Å². The van der Waals surface area contributed by atoms with Crippen LogP contribution in [0.2, 0.25) is 0 Å². The van der Waals surface area contributed by atoms with Crippen molar-refractivity contribution in [1.29, 1.82) is 0 Å². The molecule has 0 aromatic rings. The Labute approximate surface area is 48.1 Å². The van der Waals surface area contributed by atoms with Gasteiger partial charge in [-0.25, -0.2) is 5.84 Å². The van der Waals surface area contributed by atoms with Crippen LogP contribution in [0.5, 0.6) is 0 Å². The molecule has 8 heavy (non-hydrogen) atoms. The Balaban J connectivity index is 2.37. The van der Waals surface area contributed by atoms with Gasteiger partial charge in [-0.2, -0.15) is 0 Å². The van der Waals surface area contributed by atoms with E-state index in [1.807, 2.05) is 6.92 Å². The molecule has 0 aliphatic carbocycles. The number of rotatable bonds is 0. The lowest BCUT2D eigenvalue weighted by Crippen LogP contribution is -2.41. The van der Waals surface area contributed by atoms with Gasteiger partial charge in [0.2, 0.25) is 5.96 Å². The maximum Gasteiger partial charge on any atom is 0.206 e. The summed E-state index contributed by atoms with van der Waals surface area (Å²) in [4.78, 5) is 4.00. The second-order valence-corrected chi connectivity index (χ2v) is 1.88. The van der Waals surface area contributed by atoms with E-state index in [4.69, 9.17) is 5.84 Å². The molecule has 0 aromatic heterocycles. The van der Waals surface area contributed by atoms with E-state index in [0.29, 0.717) is 12.0 Å². The van der Waals surface area contributed by atoms with Crippen LogP contribution in [0.4, 0.5) is 0 Å². The van der Waals surface area contributed by atoms with Gasteiger partial charge < -0.3 is 5.32 Å². The lowest BCUT2D eigenvalue weighted by Gasteiger charge is -2.02. The van der Waals surface area contributed by atoms with E-state index in [1.54, 1.807) is 0 Å². The van der Waals surface area contributed by atoms with Gasteiger partial charge in [0, 0.05) is 6.04 Å². The number of hydrazine groups is 1. The Morgan fingerprint density at radius 1 is 2.00 bits per heavy atom. The van der Waals surface area contributed by atoms with E-state index in [0.717, 1.165) is 6.54 Å². The van der Waals surface area contributed by atoms with Crippen molar-refractivity contribution in [3.63, 3.8) is 0 Å². The Bertz CT molecular complexity index is 109. The summed E-state index contributed by atoms with van der Waals surface area (Å²) < 4.78 is 0. The molecule has 1 aliphatic rings. The van der Waals surface area contributed by atoms with Crippen molar-refractivity contribution >= 4 is 5.96 Å². The third-order valence-electron chi connectivity index (χ3n) is 1.04. The van der Waals surface area contributed by atoms with Gasteiger partial charge in [-0.05, 0) is 6.92 Å². The van der Waals surface area contributed by atoms with Crippen LogP contribution in [0.25, 0.3) is 0 Å². The van der Waals surface area contributed by atoms with Gasteiger partial charge in [-0.3, -0.25) is 10.4 Å². The van der Waals surface area contributed by atoms with E-state index in [9.17, 15) is 0 Å². The average Bonchev–Trinajstić information content (AvgIpc) is 2.14. The Hall–Kier alpha value is -0.770. The van der Waals surface area contributed by atoms with Crippen molar-refractivity contribution in [3.05, 3.63) is 0 Å². The van der Waals surface area contributed by atoms with Crippen molar-refractivity contribution in [2.24, 2.45) is 10.8 Å². The zero-order valence-corrected chi connectivity index (χ0v) is 4.81. The third kappa shape index (κ3) is 0.894. The molecule has 4 heteroatoms. The number of aliphatic imine (C=N–C) groups is 1. The van der Waals surface area contributed by atoms with E-state index in [-0.39, 0.29) is 0 Å². The highest BCUT2D eigenvalue weighted by molar-refractivity contribution is 5.80. The highest BCUT2D eigenvalue weighted by Crippen LogP contribution is 1.89. The molecule has 1 rings (SSSR count). The molecule has 0 aromatic carbocycles. The molecule has 0 spiro atoms. The predicted molar refractivity (Wildman–Crippen MR) is 32.2 cm³/mol. The van der Waals surface area contributed by atoms with Crippen LogP contribution in [-0.4, -0.2) is 18.5 Å². The lowest BCUT2D eigenvalue weighted by molar-refractivity contribution is 0.716. The fourth-order valence-electron chi connectivity index (χ4n) is 0.640. The summed E-state index contributed by atoms with van der Waals surface area (Å²) in [6, 6.07) is 0.432. The number of guanidine groups is 1. The summed E-state index contributed by atoms with van der Waals surface area (Å²) in [6.07, 6.45) is 0. The molecule has 4 nitrogen and oxygen atoms in total. The molecule has 46 valence electrons. The van der Waals surface area contributed by atoms with Crippen LogP contribution >= 0.6 is 0 Å². The first-order chi connectivity index (χ1) is 3.83. The largest absolute Gasteiger partial charge is 0.351 e. The topological polar surface area (TPSA) is 62.4 Å². The maximum absolute atomic E-state index is 5.05. The SMILES string of the molecule is C[C@@H]1CN=C(NN)N1. The minimum absolute atomic E-state index is 0.432. The number of nitrogens with two attached hydrogens (primary N) is 1. The van der Waals surface area contributed by atoms with Gasteiger partial charge in [-0.1, -0.05) is 0 Å². The van der Waals surface area contributed by atoms with E-state index in [2.05, 4.69) is 15.7 Å². The van der Waals surface area contributed by atoms with E-state index >= 15 is 0 Å². The zero-order chi connectivity index (χ0) is 5.98. The smallest absolute Gasteiger partial charge is 0.206 e. The van der Waals surface area contributed by atoms with Crippen molar-refractivity contribution in [2.45, 2.75) is 13.0 Å². The van der Waals surface area contributed by atoms with E-state index < -0.39 is 0 Å². The molecule has 1 heterocycles. The second kappa shape index (κ2) is 2.00. The van der Waals surface area contributed by atoms with Crippen LogP contribution < -0.4 is 16.6 Å². The maximum atomic E-state index is 5.05. The molecule has 4 N–H and O–H groups in total. The molecule has 1 atom stereocenters. The monoisotopic (exact) mass is 114 g/mol. The summed E-state index contributed by atoms with van der Waals surface area (Å²) in [5.74, 6) is 5.74. The summed E-state index contributed by atoms with van der Waals surface area (Å²) in [6.45, 7) is 2.87. The first-order valence-corrected chi connectivity index (χ1v) is 2.60. The molecular formula is C4H10N4. The molecule has 0 bridgehead atoms. The Morgan fingerprint density at radius 2 is 2.75 bits per heavy atom. The molecule has 0 unspecified atom stereocenters. The quantitative estimate of drug-likeness (QED) is 0.274. The van der Waals surface area contributed by atoms with Gasteiger partial charge >= 0.3 is 0 Å². The number of hydrogen-bond donors (Lipinski definition) is 3. The summed E-state index contributed by atoms with van der Waals surface area (Å²) in [5.41, 5.74) is 2.43. The number of hydrogen-bond acceptors (Lipinski definition) is 4. The van der Waals surface area contributed by atoms with E-state index in [1.165, 1.54) is 0 Å². The van der Waals surface area contributed by atoms with Gasteiger partial charge in [0.15, 0.2) is 0 Å². The predicted octanol–water partition coefficient (Wildman–Crippen LogP) is -1.20. The highest BCUT2D eigenvalue weighted by Gasteiger charge is 2.09. The fourth-order valence-corrected chi connectivity index (χ4v) is 0.640. The normalized spacial score (nSPS) is 26.8. The average molecular weight is 114 g/mol. The highest BCUT2D eigenvalue weighted by atomic mass is 15.4. The number of nitrogens with zero attached hydrogens (tertiary/aromatic N) is 1. The molecule has 0 fully saturated rings. The molecule has 1 aliphatic heterocycles. The standard InChI is InChI=1S/C4H10N4/c1-3-2-6-4(7-3)8-5/h3H,2,5H2,1H3,(H2,6,7,8)/t3-/m1/s1. The lowest BCUT2D eigenvalue weighted by atomic mass is 10.4. The molecule has 0 radical (unpaired) electrons. The third-order valence-corrected chi connectivity index (χ3v) is 1.04. The Morgan fingerprint density at radius 3 is 3.00 bits per heavy atom. The molecule has 0 saturated heterocycles. The van der Waals surface area contributed by atoms with Crippen molar-refractivity contribution in [2.75, 3.05) is 6.54 Å². The van der Waals surface area contributed by atoms with Crippen molar-refractivity contribution in [1.82, 2.24) is 10.7 Å². The fraction of sp³-hybridized carbons (Fsp3) is 0.750.